The molecule has 0 aliphatic carbocycles. The van der Waals surface area contributed by atoms with Crippen LogP contribution in [0.25, 0.3) is 0 Å². The minimum atomic E-state index is -1.40. The van der Waals surface area contributed by atoms with E-state index in [0.717, 1.165) is 11.6 Å². The molecule has 0 saturated carbocycles. The first-order valence-corrected chi connectivity index (χ1v) is 7.04. The van der Waals surface area contributed by atoms with E-state index in [4.69, 9.17) is 0 Å². The molecule has 1 rings (SSSR count). The fourth-order valence-electron chi connectivity index (χ4n) is 0.986. The molecule has 11 heavy (non-hydrogen) atoms. The number of rotatable bonds is 2. The van der Waals surface area contributed by atoms with Crippen LogP contribution >= 0.6 is 0 Å². The summed E-state index contributed by atoms with van der Waals surface area (Å²) >= 11 is 0. The second kappa shape index (κ2) is 2.62. The number of aromatic amines is 1. The second-order valence-electron chi connectivity index (χ2n) is 3.57. The van der Waals surface area contributed by atoms with Crippen molar-refractivity contribution in [3.05, 3.63) is 11.8 Å². The molecule has 60 valence electrons. The first-order chi connectivity index (χ1) is 5.05. The van der Waals surface area contributed by atoms with Gasteiger partial charge in [-0.1, -0.05) is 19.6 Å². The molecular formula is C7H12N2OSi. The van der Waals surface area contributed by atoms with Crippen LogP contribution in [0.5, 0.6) is 0 Å². The first-order valence-electron chi connectivity index (χ1n) is 3.54. The molecule has 1 heterocycles. The Morgan fingerprint density at radius 1 is 1.55 bits per heavy atom. The van der Waals surface area contributed by atoms with Crippen LogP contribution in [-0.2, 0) is 0 Å². The summed E-state index contributed by atoms with van der Waals surface area (Å²) in [6.07, 6.45) is 2.44. The van der Waals surface area contributed by atoms with E-state index in [1.165, 1.54) is 0 Å². The van der Waals surface area contributed by atoms with Crippen molar-refractivity contribution in [3.8, 4) is 0 Å². The lowest BCUT2D eigenvalue weighted by atomic mass is 10.4. The minimum absolute atomic E-state index is 0.712. The molecular weight excluding hydrogens is 156 g/mol. The van der Waals surface area contributed by atoms with Gasteiger partial charge in [0.2, 0.25) is 0 Å². The van der Waals surface area contributed by atoms with Crippen molar-refractivity contribution < 1.29 is 4.79 Å². The summed E-state index contributed by atoms with van der Waals surface area (Å²) in [5.74, 6) is 0. The molecule has 0 atom stereocenters. The molecule has 0 unspecified atom stereocenters. The fraction of sp³-hybridized carbons (Fsp3) is 0.429. The van der Waals surface area contributed by atoms with Crippen LogP contribution in [0.2, 0.25) is 19.6 Å². The Hall–Kier alpha value is -0.903. The average molecular weight is 168 g/mol. The summed E-state index contributed by atoms with van der Waals surface area (Å²) in [6, 6.07) is 0. The Kier molecular flexibility index (Phi) is 1.95. The van der Waals surface area contributed by atoms with Gasteiger partial charge in [0, 0.05) is 5.32 Å². The number of nitrogens with zero attached hydrogens (tertiary/aromatic N) is 1. The summed E-state index contributed by atoms with van der Waals surface area (Å²) in [4.78, 5) is 10.5. The molecule has 0 saturated heterocycles. The van der Waals surface area contributed by atoms with Crippen molar-refractivity contribution in [2.75, 3.05) is 0 Å². The summed E-state index contributed by atoms with van der Waals surface area (Å²) in [5.41, 5.74) is 0.712. The average Bonchev–Trinajstić information content (AvgIpc) is 2.31. The van der Waals surface area contributed by atoms with E-state index < -0.39 is 8.07 Å². The lowest BCUT2D eigenvalue weighted by Crippen LogP contribution is -2.40. The van der Waals surface area contributed by atoms with Gasteiger partial charge in [-0.15, -0.1) is 0 Å². The highest BCUT2D eigenvalue weighted by molar-refractivity contribution is 6.88. The summed E-state index contributed by atoms with van der Waals surface area (Å²) in [5, 5.41) is 7.75. The quantitative estimate of drug-likeness (QED) is 0.523. The van der Waals surface area contributed by atoms with E-state index in [-0.39, 0.29) is 0 Å². The van der Waals surface area contributed by atoms with Gasteiger partial charge in [-0.05, 0) is 0 Å². The zero-order valence-corrected chi connectivity index (χ0v) is 8.01. The third-order valence-electron chi connectivity index (χ3n) is 1.55. The smallest absolute Gasteiger partial charge is 0.153 e. The van der Waals surface area contributed by atoms with Gasteiger partial charge in [0.15, 0.2) is 6.29 Å². The van der Waals surface area contributed by atoms with Crippen LogP contribution < -0.4 is 5.32 Å². The van der Waals surface area contributed by atoms with Gasteiger partial charge in [-0.3, -0.25) is 9.89 Å². The molecule has 4 heteroatoms. The number of carbonyl (C=O) groups is 1. The van der Waals surface area contributed by atoms with E-state index in [2.05, 4.69) is 29.8 Å². The van der Waals surface area contributed by atoms with Crippen molar-refractivity contribution in [1.82, 2.24) is 10.2 Å². The molecule has 3 nitrogen and oxygen atoms in total. The van der Waals surface area contributed by atoms with Crippen molar-refractivity contribution in [3.63, 3.8) is 0 Å². The zero-order chi connectivity index (χ0) is 8.48. The Balaban J connectivity index is 3.12. The molecule has 0 bridgehead atoms. The Bertz CT molecular complexity index is 262. The highest BCUT2D eigenvalue weighted by Gasteiger charge is 2.21. The first kappa shape index (κ1) is 8.20. The van der Waals surface area contributed by atoms with Crippen molar-refractivity contribution in [1.29, 1.82) is 0 Å². The molecule has 1 aromatic heterocycles. The molecule has 1 aromatic rings. The van der Waals surface area contributed by atoms with Gasteiger partial charge in [-0.2, -0.15) is 5.10 Å². The van der Waals surface area contributed by atoms with E-state index in [1.807, 2.05) is 0 Å². The van der Waals surface area contributed by atoms with Crippen LogP contribution in [0.3, 0.4) is 0 Å². The van der Waals surface area contributed by atoms with Gasteiger partial charge < -0.3 is 0 Å². The molecule has 0 spiro atoms. The monoisotopic (exact) mass is 168 g/mol. The number of H-pyrrole nitrogens is 1. The molecule has 0 aliphatic heterocycles. The van der Waals surface area contributed by atoms with Gasteiger partial charge in [0.1, 0.15) is 8.07 Å². The van der Waals surface area contributed by atoms with Crippen LogP contribution in [-0.4, -0.2) is 24.6 Å². The van der Waals surface area contributed by atoms with Gasteiger partial charge >= 0.3 is 0 Å². The number of hydrogen-bond donors (Lipinski definition) is 1. The Morgan fingerprint density at radius 3 is 2.55 bits per heavy atom. The van der Waals surface area contributed by atoms with Crippen LogP contribution in [0.1, 0.15) is 10.4 Å². The predicted octanol–water partition coefficient (Wildman–Crippen LogP) is 0.767. The maximum atomic E-state index is 10.5. The summed E-state index contributed by atoms with van der Waals surface area (Å²) in [6.45, 7) is 6.52. The maximum Gasteiger partial charge on any atom is 0.153 e. The number of carbonyl (C=O) groups excluding carboxylic acids is 1. The predicted molar refractivity (Wildman–Crippen MR) is 47.0 cm³/mol. The summed E-state index contributed by atoms with van der Waals surface area (Å²) < 4.78 is 0. The fourth-order valence-corrected chi connectivity index (χ4v) is 2.37. The lowest BCUT2D eigenvalue weighted by molar-refractivity contribution is 0.112. The number of aromatic nitrogens is 2. The normalized spacial score (nSPS) is 11.5. The lowest BCUT2D eigenvalue weighted by Gasteiger charge is -2.13. The van der Waals surface area contributed by atoms with Crippen LogP contribution in [0.4, 0.5) is 0 Å². The second-order valence-corrected chi connectivity index (χ2v) is 8.57. The molecule has 0 aromatic carbocycles. The standard InChI is InChI=1S/C7H12N2OSi/c1-11(2,3)7-6(5-10)4-8-9-7/h4-5H,1-3H3,(H,8,9). The third kappa shape index (κ3) is 1.57. The van der Waals surface area contributed by atoms with Crippen molar-refractivity contribution >= 4 is 19.7 Å². The maximum absolute atomic E-state index is 10.5. The molecule has 0 fully saturated rings. The van der Waals surface area contributed by atoms with Crippen molar-refractivity contribution in [2.45, 2.75) is 19.6 Å². The SMILES string of the molecule is C[Si](C)(C)c1[nH]ncc1C=O. The minimum Gasteiger partial charge on any atom is -0.298 e. The van der Waals surface area contributed by atoms with E-state index in [0.29, 0.717) is 5.56 Å². The largest absolute Gasteiger partial charge is 0.298 e. The Morgan fingerprint density at radius 2 is 2.18 bits per heavy atom. The molecule has 0 radical (unpaired) electrons. The van der Waals surface area contributed by atoms with E-state index >= 15 is 0 Å². The molecule has 1 N–H and O–H groups in total. The van der Waals surface area contributed by atoms with Crippen molar-refractivity contribution in [2.24, 2.45) is 0 Å². The Labute approximate surface area is 66.8 Å². The van der Waals surface area contributed by atoms with E-state index in [1.54, 1.807) is 6.20 Å². The van der Waals surface area contributed by atoms with Gasteiger partial charge in [0.05, 0.1) is 11.8 Å². The van der Waals surface area contributed by atoms with Gasteiger partial charge in [-0.25, -0.2) is 0 Å². The number of hydrogen-bond acceptors (Lipinski definition) is 2. The highest BCUT2D eigenvalue weighted by Crippen LogP contribution is 2.01. The summed E-state index contributed by atoms with van der Waals surface area (Å²) in [7, 11) is -1.40. The van der Waals surface area contributed by atoms with Crippen LogP contribution in [0, 0.1) is 0 Å². The highest BCUT2D eigenvalue weighted by atomic mass is 28.3. The van der Waals surface area contributed by atoms with Crippen LogP contribution in [0.15, 0.2) is 6.20 Å². The number of aldehydes is 1. The molecule has 0 aliphatic rings. The van der Waals surface area contributed by atoms with E-state index in [9.17, 15) is 4.79 Å². The topological polar surface area (TPSA) is 45.8 Å². The third-order valence-corrected chi connectivity index (χ3v) is 3.45. The number of nitrogens with one attached hydrogen (secondary N) is 1. The molecule has 0 amide bonds. The zero-order valence-electron chi connectivity index (χ0n) is 7.01. The van der Waals surface area contributed by atoms with Gasteiger partial charge in [0.25, 0.3) is 0 Å².